The first-order valence-electron chi connectivity index (χ1n) is 5.97. The Morgan fingerprint density at radius 3 is 2.57 bits per heavy atom. The molecule has 1 amide bonds. The summed E-state index contributed by atoms with van der Waals surface area (Å²) >= 11 is 1.15. The summed E-state index contributed by atoms with van der Waals surface area (Å²) in [6.45, 7) is 1.53. The molecule has 0 aliphatic heterocycles. The van der Waals surface area contributed by atoms with Crippen molar-refractivity contribution in [3.8, 4) is 11.8 Å². The summed E-state index contributed by atoms with van der Waals surface area (Å²) in [6.07, 6.45) is 0. The van der Waals surface area contributed by atoms with Gasteiger partial charge in [-0.1, -0.05) is 11.8 Å². The third-order valence-corrected chi connectivity index (χ3v) is 3.69. The second kappa shape index (κ2) is 6.48. The van der Waals surface area contributed by atoms with Crippen LogP contribution in [0.15, 0.2) is 24.3 Å². The molecule has 0 saturated heterocycles. The zero-order valence-corrected chi connectivity index (χ0v) is 11.9. The Balaban J connectivity index is 2.20. The van der Waals surface area contributed by atoms with Gasteiger partial charge in [0, 0.05) is 11.8 Å². The number of carbonyl (C=O) groups is 1. The van der Waals surface area contributed by atoms with Gasteiger partial charge in [-0.15, -0.1) is 11.3 Å². The van der Waals surface area contributed by atoms with E-state index in [1.165, 1.54) is 0 Å². The summed E-state index contributed by atoms with van der Waals surface area (Å²) < 4.78 is 26.1. The van der Waals surface area contributed by atoms with Gasteiger partial charge in [-0.2, -0.15) is 0 Å². The standard InChI is InChI=1S/C15H11F2NO2S/c1-9-5-14(21-13(9)3-2-4-19)15(20)18-12-7-10(16)6-11(17)8-12/h5-8,19H,4H2,1H3,(H,18,20). The summed E-state index contributed by atoms with van der Waals surface area (Å²) in [5, 5.41) is 11.1. The molecule has 21 heavy (non-hydrogen) atoms. The molecule has 1 aromatic heterocycles. The van der Waals surface area contributed by atoms with Gasteiger partial charge in [0.05, 0.1) is 9.75 Å². The number of aliphatic hydroxyl groups is 1. The molecule has 0 radical (unpaired) electrons. The van der Waals surface area contributed by atoms with Crippen LogP contribution in [0.25, 0.3) is 0 Å². The van der Waals surface area contributed by atoms with Crippen molar-refractivity contribution in [3.63, 3.8) is 0 Å². The van der Waals surface area contributed by atoms with Crippen LogP contribution in [0.5, 0.6) is 0 Å². The number of anilines is 1. The maximum atomic E-state index is 13.1. The molecule has 0 saturated carbocycles. The van der Waals surface area contributed by atoms with E-state index >= 15 is 0 Å². The van der Waals surface area contributed by atoms with Crippen LogP contribution in [0.4, 0.5) is 14.5 Å². The first-order valence-corrected chi connectivity index (χ1v) is 6.79. The molecule has 1 heterocycles. The van der Waals surface area contributed by atoms with Crippen molar-refractivity contribution in [2.75, 3.05) is 11.9 Å². The molecule has 3 nitrogen and oxygen atoms in total. The molecule has 0 bridgehead atoms. The molecule has 0 spiro atoms. The fourth-order valence-electron chi connectivity index (χ4n) is 1.66. The highest BCUT2D eigenvalue weighted by Crippen LogP contribution is 2.22. The van der Waals surface area contributed by atoms with Crippen molar-refractivity contribution < 1.29 is 18.7 Å². The second-order valence-corrected chi connectivity index (χ2v) is 5.25. The molecule has 1 aromatic carbocycles. The van der Waals surface area contributed by atoms with Crippen LogP contribution in [0.1, 0.15) is 20.1 Å². The van der Waals surface area contributed by atoms with Gasteiger partial charge in [-0.05, 0) is 30.7 Å². The lowest BCUT2D eigenvalue weighted by molar-refractivity contribution is 0.103. The van der Waals surface area contributed by atoms with Gasteiger partial charge >= 0.3 is 0 Å². The minimum absolute atomic E-state index is 0.0477. The van der Waals surface area contributed by atoms with Crippen molar-refractivity contribution in [3.05, 3.63) is 51.2 Å². The number of halogens is 2. The van der Waals surface area contributed by atoms with Crippen molar-refractivity contribution in [1.29, 1.82) is 0 Å². The van der Waals surface area contributed by atoms with Gasteiger partial charge in [0.2, 0.25) is 0 Å². The number of rotatable bonds is 2. The molecule has 2 aromatic rings. The van der Waals surface area contributed by atoms with E-state index in [0.717, 1.165) is 35.1 Å². The van der Waals surface area contributed by atoms with E-state index in [2.05, 4.69) is 17.2 Å². The third kappa shape index (κ3) is 3.88. The maximum absolute atomic E-state index is 13.1. The zero-order chi connectivity index (χ0) is 15.4. The zero-order valence-electron chi connectivity index (χ0n) is 11.0. The number of nitrogens with one attached hydrogen (secondary N) is 1. The number of benzene rings is 1. The summed E-state index contributed by atoms with van der Waals surface area (Å²) in [5.41, 5.74) is 0.850. The highest BCUT2D eigenvalue weighted by Gasteiger charge is 2.12. The molecule has 6 heteroatoms. The van der Waals surface area contributed by atoms with Gasteiger partial charge in [0.1, 0.15) is 18.2 Å². The van der Waals surface area contributed by atoms with E-state index in [1.807, 2.05) is 0 Å². The minimum atomic E-state index is -0.762. The lowest BCUT2D eigenvalue weighted by Crippen LogP contribution is -2.10. The number of thiophene rings is 1. The van der Waals surface area contributed by atoms with Crippen LogP contribution < -0.4 is 5.32 Å². The maximum Gasteiger partial charge on any atom is 0.265 e. The number of aliphatic hydroxyl groups excluding tert-OH is 1. The number of aryl methyl sites for hydroxylation is 1. The van der Waals surface area contributed by atoms with Crippen molar-refractivity contribution in [2.45, 2.75) is 6.92 Å². The van der Waals surface area contributed by atoms with Gasteiger partial charge in [0.25, 0.3) is 5.91 Å². The topological polar surface area (TPSA) is 49.3 Å². The van der Waals surface area contributed by atoms with Crippen LogP contribution in [0.2, 0.25) is 0 Å². The average molecular weight is 307 g/mol. The molecule has 108 valence electrons. The van der Waals surface area contributed by atoms with E-state index in [0.29, 0.717) is 9.75 Å². The highest BCUT2D eigenvalue weighted by molar-refractivity contribution is 7.14. The highest BCUT2D eigenvalue weighted by atomic mass is 32.1. The first kappa shape index (κ1) is 15.2. The smallest absolute Gasteiger partial charge is 0.265 e. The van der Waals surface area contributed by atoms with Crippen molar-refractivity contribution in [2.24, 2.45) is 0 Å². The Hall–Kier alpha value is -2.23. The van der Waals surface area contributed by atoms with E-state index in [9.17, 15) is 13.6 Å². The van der Waals surface area contributed by atoms with E-state index in [1.54, 1.807) is 13.0 Å². The lowest BCUT2D eigenvalue weighted by atomic mass is 10.2. The molecule has 0 aliphatic carbocycles. The van der Waals surface area contributed by atoms with Crippen LogP contribution in [0.3, 0.4) is 0 Å². The SMILES string of the molecule is Cc1cc(C(=O)Nc2cc(F)cc(F)c2)sc1C#CCO. The molecule has 0 fully saturated rings. The molecule has 0 atom stereocenters. The molecule has 0 aliphatic rings. The van der Waals surface area contributed by atoms with E-state index in [4.69, 9.17) is 5.11 Å². The fraction of sp³-hybridized carbons (Fsp3) is 0.133. The molecule has 2 rings (SSSR count). The second-order valence-electron chi connectivity index (χ2n) is 4.19. The Bertz CT molecular complexity index is 724. The Morgan fingerprint density at radius 1 is 1.29 bits per heavy atom. The van der Waals surface area contributed by atoms with Gasteiger partial charge in [-0.3, -0.25) is 4.79 Å². The van der Waals surface area contributed by atoms with Crippen LogP contribution in [-0.2, 0) is 0 Å². The van der Waals surface area contributed by atoms with E-state index < -0.39 is 17.5 Å². The lowest BCUT2D eigenvalue weighted by Gasteiger charge is -2.03. The predicted molar refractivity (Wildman–Crippen MR) is 77.3 cm³/mol. The van der Waals surface area contributed by atoms with Crippen LogP contribution in [-0.4, -0.2) is 17.6 Å². The summed E-state index contributed by atoms with van der Waals surface area (Å²) in [4.78, 5) is 13.1. The summed E-state index contributed by atoms with van der Waals surface area (Å²) in [6, 6.07) is 4.44. The third-order valence-electron chi connectivity index (χ3n) is 2.54. The predicted octanol–water partition coefficient (Wildman–Crippen LogP) is 2.93. The van der Waals surface area contributed by atoms with Crippen LogP contribution >= 0.6 is 11.3 Å². The number of hydrogen-bond acceptors (Lipinski definition) is 3. The molecule has 2 N–H and O–H groups in total. The molecular weight excluding hydrogens is 296 g/mol. The normalized spacial score (nSPS) is 9.90. The molecule has 0 unspecified atom stereocenters. The molecular formula is C15H11F2NO2S. The average Bonchev–Trinajstić information content (AvgIpc) is 2.76. The van der Waals surface area contributed by atoms with Crippen molar-refractivity contribution in [1.82, 2.24) is 0 Å². The Morgan fingerprint density at radius 2 is 1.95 bits per heavy atom. The van der Waals surface area contributed by atoms with Gasteiger partial charge in [-0.25, -0.2) is 8.78 Å². The minimum Gasteiger partial charge on any atom is -0.384 e. The van der Waals surface area contributed by atoms with Crippen LogP contribution in [0, 0.1) is 30.4 Å². The summed E-state index contributed by atoms with van der Waals surface area (Å²) in [7, 11) is 0. The number of carbonyl (C=O) groups excluding carboxylic acids is 1. The largest absolute Gasteiger partial charge is 0.384 e. The Labute approximate surface area is 124 Å². The summed E-state index contributed by atoms with van der Waals surface area (Å²) in [5.74, 6) is 3.25. The Kier molecular flexibility index (Phi) is 4.68. The van der Waals surface area contributed by atoms with Gasteiger partial charge in [0.15, 0.2) is 0 Å². The van der Waals surface area contributed by atoms with Gasteiger partial charge < -0.3 is 10.4 Å². The fourth-order valence-corrected chi connectivity index (χ4v) is 2.60. The van der Waals surface area contributed by atoms with E-state index in [-0.39, 0.29) is 12.3 Å². The number of hydrogen-bond donors (Lipinski definition) is 2. The first-order chi connectivity index (χ1) is 9.99. The quantitative estimate of drug-likeness (QED) is 0.838. The monoisotopic (exact) mass is 307 g/mol. The number of amides is 1. The van der Waals surface area contributed by atoms with Crippen molar-refractivity contribution >= 4 is 22.9 Å².